The summed E-state index contributed by atoms with van der Waals surface area (Å²) in [7, 11) is 0. The molecule has 0 atom stereocenters. The van der Waals surface area contributed by atoms with Crippen molar-refractivity contribution in [1.82, 2.24) is 0 Å². The van der Waals surface area contributed by atoms with Crippen molar-refractivity contribution in [2.24, 2.45) is 0 Å². The van der Waals surface area contributed by atoms with Crippen LogP contribution in [0.1, 0.15) is 16.7 Å². The van der Waals surface area contributed by atoms with Gasteiger partial charge >= 0.3 is 0 Å². The van der Waals surface area contributed by atoms with Crippen LogP contribution in [-0.4, -0.2) is 0 Å². The van der Waals surface area contributed by atoms with Crippen LogP contribution >= 0.6 is 0 Å². The topological polar surface area (TPSA) is 0 Å². The first-order valence-corrected chi connectivity index (χ1v) is 5.87. The Bertz CT molecular complexity index is 499. The molecule has 17 heavy (non-hydrogen) atoms. The van der Waals surface area contributed by atoms with Crippen molar-refractivity contribution in [2.75, 3.05) is 0 Å². The van der Waals surface area contributed by atoms with Crippen LogP contribution in [0.15, 0.2) is 66.9 Å². The summed E-state index contributed by atoms with van der Waals surface area (Å²) in [4.78, 5) is 0. The zero-order chi connectivity index (χ0) is 11.9. The van der Waals surface area contributed by atoms with Gasteiger partial charge in [-0.25, -0.2) is 0 Å². The van der Waals surface area contributed by atoms with Crippen LogP contribution in [0.25, 0.3) is 6.08 Å². The first-order chi connectivity index (χ1) is 8.38. The van der Waals surface area contributed by atoms with Crippen molar-refractivity contribution in [3.05, 3.63) is 83.6 Å². The van der Waals surface area contributed by atoms with Gasteiger partial charge in [0.2, 0.25) is 0 Å². The maximum atomic E-state index is 3.57. The van der Waals surface area contributed by atoms with Gasteiger partial charge in [0.15, 0.2) is 0 Å². The molecule has 0 heteroatoms. The quantitative estimate of drug-likeness (QED) is 0.675. The SMILES string of the molecule is C=C=Cc1ccc(CCc2ccccc2)cc1. The van der Waals surface area contributed by atoms with E-state index in [1.54, 1.807) is 0 Å². The van der Waals surface area contributed by atoms with Crippen LogP contribution in [0, 0.1) is 0 Å². The second kappa shape index (κ2) is 5.89. The molecule has 0 heterocycles. The largest absolute Gasteiger partial charge is 0.128 e. The lowest BCUT2D eigenvalue weighted by atomic mass is 10.0. The van der Waals surface area contributed by atoms with Gasteiger partial charge in [0, 0.05) is 0 Å². The zero-order valence-electron chi connectivity index (χ0n) is 9.89. The van der Waals surface area contributed by atoms with Crippen LogP contribution in [-0.2, 0) is 12.8 Å². The molecule has 0 fully saturated rings. The lowest BCUT2D eigenvalue weighted by Crippen LogP contribution is -1.90. The van der Waals surface area contributed by atoms with Crippen molar-refractivity contribution in [3.8, 4) is 0 Å². The molecule has 0 unspecified atom stereocenters. The van der Waals surface area contributed by atoms with E-state index in [2.05, 4.69) is 66.9 Å². The van der Waals surface area contributed by atoms with Gasteiger partial charge in [0.25, 0.3) is 0 Å². The zero-order valence-corrected chi connectivity index (χ0v) is 9.89. The first-order valence-electron chi connectivity index (χ1n) is 5.87. The van der Waals surface area contributed by atoms with E-state index in [4.69, 9.17) is 0 Å². The van der Waals surface area contributed by atoms with Gasteiger partial charge in [-0.2, -0.15) is 0 Å². The molecule has 0 aliphatic heterocycles. The van der Waals surface area contributed by atoms with Crippen LogP contribution in [0.4, 0.5) is 0 Å². The van der Waals surface area contributed by atoms with Gasteiger partial charge in [-0.05, 0) is 35.6 Å². The molecule has 0 spiro atoms. The fourth-order valence-corrected chi connectivity index (χ4v) is 1.83. The highest BCUT2D eigenvalue weighted by molar-refractivity contribution is 5.48. The second-order valence-corrected chi connectivity index (χ2v) is 4.08. The number of hydrogen-bond acceptors (Lipinski definition) is 0. The van der Waals surface area contributed by atoms with E-state index >= 15 is 0 Å². The standard InChI is InChI=1S/C17H16/c1-2-6-15-9-12-17(13-10-15)14-11-16-7-4-3-5-8-16/h3-10,12-13H,1,11,14H2. The Morgan fingerprint density at radius 1 is 0.824 bits per heavy atom. The Morgan fingerprint density at radius 3 is 2.00 bits per heavy atom. The lowest BCUT2D eigenvalue weighted by molar-refractivity contribution is 0.960. The summed E-state index contributed by atoms with van der Waals surface area (Å²) in [6.45, 7) is 3.57. The Labute approximate surface area is 103 Å². The van der Waals surface area contributed by atoms with Crippen LogP contribution in [0.3, 0.4) is 0 Å². The molecule has 0 aromatic heterocycles. The van der Waals surface area contributed by atoms with Gasteiger partial charge in [-0.15, -0.1) is 5.73 Å². The van der Waals surface area contributed by atoms with Gasteiger partial charge in [-0.1, -0.05) is 61.2 Å². The number of hydrogen-bond donors (Lipinski definition) is 0. The van der Waals surface area contributed by atoms with Gasteiger partial charge in [-0.3, -0.25) is 0 Å². The van der Waals surface area contributed by atoms with Crippen molar-refractivity contribution < 1.29 is 0 Å². The third-order valence-corrected chi connectivity index (χ3v) is 2.79. The Balaban J connectivity index is 1.98. The third kappa shape index (κ3) is 3.48. The van der Waals surface area contributed by atoms with E-state index < -0.39 is 0 Å². The predicted molar refractivity (Wildman–Crippen MR) is 73.9 cm³/mol. The maximum absolute atomic E-state index is 3.57. The molecule has 0 saturated carbocycles. The fourth-order valence-electron chi connectivity index (χ4n) is 1.83. The van der Waals surface area contributed by atoms with Crippen molar-refractivity contribution in [1.29, 1.82) is 0 Å². The molecule has 0 amide bonds. The smallest absolute Gasteiger partial charge is 0.0133 e. The number of benzene rings is 2. The van der Waals surface area contributed by atoms with Crippen molar-refractivity contribution in [2.45, 2.75) is 12.8 Å². The molecule has 0 radical (unpaired) electrons. The molecule has 0 bridgehead atoms. The summed E-state index contributed by atoms with van der Waals surface area (Å²) < 4.78 is 0. The molecule has 0 N–H and O–H groups in total. The molecule has 2 aromatic carbocycles. The second-order valence-electron chi connectivity index (χ2n) is 4.08. The Hall–Kier alpha value is -2.04. The van der Waals surface area contributed by atoms with Gasteiger partial charge < -0.3 is 0 Å². The van der Waals surface area contributed by atoms with E-state index in [0.29, 0.717) is 0 Å². The minimum Gasteiger partial charge on any atom is -0.128 e. The van der Waals surface area contributed by atoms with E-state index in [1.165, 1.54) is 11.1 Å². The number of aryl methyl sites for hydroxylation is 2. The number of rotatable bonds is 4. The maximum Gasteiger partial charge on any atom is -0.0133 e. The Morgan fingerprint density at radius 2 is 1.41 bits per heavy atom. The minimum atomic E-state index is 1.09. The molecule has 0 nitrogen and oxygen atoms in total. The molecule has 0 saturated heterocycles. The molecule has 2 aromatic rings. The summed E-state index contributed by atoms with van der Waals surface area (Å²) in [6, 6.07) is 19.2. The molecular weight excluding hydrogens is 204 g/mol. The molecule has 84 valence electrons. The monoisotopic (exact) mass is 220 g/mol. The van der Waals surface area contributed by atoms with E-state index in [9.17, 15) is 0 Å². The highest BCUT2D eigenvalue weighted by Crippen LogP contribution is 2.09. The normalized spacial score (nSPS) is 9.65. The van der Waals surface area contributed by atoms with E-state index in [0.717, 1.165) is 18.4 Å². The summed E-state index contributed by atoms with van der Waals surface area (Å²) in [5, 5.41) is 0. The Kier molecular flexibility index (Phi) is 3.96. The average Bonchev–Trinajstić information content (AvgIpc) is 2.40. The first kappa shape index (κ1) is 11.4. The lowest BCUT2D eigenvalue weighted by Gasteiger charge is -2.02. The molecule has 0 aliphatic rings. The van der Waals surface area contributed by atoms with Gasteiger partial charge in [0.1, 0.15) is 0 Å². The molecule has 2 rings (SSSR count). The average molecular weight is 220 g/mol. The molecular formula is C17H16. The van der Waals surface area contributed by atoms with Crippen LogP contribution < -0.4 is 0 Å². The van der Waals surface area contributed by atoms with Crippen molar-refractivity contribution >= 4 is 6.08 Å². The van der Waals surface area contributed by atoms with Crippen LogP contribution in [0.5, 0.6) is 0 Å². The molecule has 0 aliphatic carbocycles. The van der Waals surface area contributed by atoms with E-state index in [1.807, 2.05) is 6.08 Å². The minimum absolute atomic E-state index is 1.09. The van der Waals surface area contributed by atoms with Gasteiger partial charge in [0.05, 0.1) is 0 Å². The summed E-state index contributed by atoms with van der Waals surface area (Å²) in [6.07, 6.45) is 4.07. The third-order valence-electron chi connectivity index (χ3n) is 2.79. The fraction of sp³-hybridized carbons (Fsp3) is 0.118. The highest BCUT2D eigenvalue weighted by atomic mass is 14.0. The highest BCUT2D eigenvalue weighted by Gasteiger charge is 1.95. The van der Waals surface area contributed by atoms with Crippen molar-refractivity contribution in [3.63, 3.8) is 0 Å². The van der Waals surface area contributed by atoms with Crippen LogP contribution in [0.2, 0.25) is 0 Å². The van der Waals surface area contributed by atoms with E-state index in [-0.39, 0.29) is 0 Å². The summed E-state index contributed by atoms with van der Waals surface area (Å²) >= 11 is 0. The summed E-state index contributed by atoms with van der Waals surface area (Å²) in [5.74, 6) is 0. The predicted octanol–water partition coefficient (Wildman–Crippen LogP) is 4.27. The summed E-state index contributed by atoms with van der Waals surface area (Å²) in [5.41, 5.74) is 6.70.